The first-order valence-electron chi connectivity index (χ1n) is 9.48. The lowest BCUT2D eigenvalue weighted by Gasteiger charge is -2.20. The molecule has 3 rings (SSSR count). The van der Waals surface area contributed by atoms with E-state index in [4.69, 9.17) is 0 Å². The number of hydrogen-bond donors (Lipinski definition) is 1. The van der Waals surface area contributed by atoms with Crippen molar-refractivity contribution in [2.75, 3.05) is 23.3 Å². The molecule has 0 saturated carbocycles. The average Bonchev–Trinajstić information content (AvgIpc) is 3.21. The first kappa shape index (κ1) is 18.7. The van der Waals surface area contributed by atoms with Crippen LogP contribution in [0.3, 0.4) is 0 Å². The first-order chi connectivity index (χ1) is 13.1. The third-order valence-electron chi connectivity index (χ3n) is 4.96. The van der Waals surface area contributed by atoms with Gasteiger partial charge in [0.25, 0.3) is 5.91 Å². The van der Waals surface area contributed by atoms with E-state index in [2.05, 4.69) is 30.1 Å². The summed E-state index contributed by atoms with van der Waals surface area (Å²) in [6.07, 6.45) is 5.07. The maximum atomic E-state index is 12.5. The van der Waals surface area contributed by atoms with E-state index in [1.165, 1.54) is 29.7 Å². The summed E-state index contributed by atoms with van der Waals surface area (Å²) in [5.74, 6) is -0.386. The third kappa shape index (κ3) is 4.57. The number of carbonyl (C=O) groups excluding carboxylic acids is 1. The Morgan fingerprint density at radius 2 is 1.89 bits per heavy atom. The van der Waals surface area contributed by atoms with Crippen molar-refractivity contribution in [3.63, 3.8) is 0 Å². The molecule has 138 valence electrons. The summed E-state index contributed by atoms with van der Waals surface area (Å²) < 4.78 is 0. The number of nitrogens with one attached hydrogen (secondary N) is 1. The predicted octanol–water partition coefficient (Wildman–Crippen LogP) is 4.70. The molecule has 2 aromatic rings. The van der Waals surface area contributed by atoms with Crippen LogP contribution in [0.2, 0.25) is 0 Å². The van der Waals surface area contributed by atoms with Crippen LogP contribution >= 0.6 is 0 Å². The molecule has 27 heavy (non-hydrogen) atoms. The molecule has 1 heterocycles. The van der Waals surface area contributed by atoms with Gasteiger partial charge >= 0.3 is 0 Å². The first-order valence-corrected chi connectivity index (χ1v) is 9.48. The molecule has 0 aromatic heterocycles. The van der Waals surface area contributed by atoms with Gasteiger partial charge < -0.3 is 10.2 Å². The van der Waals surface area contributed by atoms with Gasteiger partial charge in [0, 0.05) is 24.5 Å². The quantitative estimate of drug-likeness (QED) is 0.622. The molecule has 0 spiro atoms. The van der Waals surface area contributed by atoms with Crippen molar-refractivity contribution in [2.45, 2.75) is 33.1 Å². The van der Waals surface area contributed by atoms with E-state index < -0.39 is 0 Å². The van der Waals surface area contributed by atoms with E-state index in [0.29, 0.717) is 5.69 Å². The van der Waals surface area contributed by atoms with Crippen LogP contribution in [0.25, 0.3) is 6.08 Å². The molecule has 1 aliphatic rings. The molecule has 4 heteroatoms. The topological polar surface area (TPSA) is 56.1 Å². The van der Waals surface area contributed by atoms with Crippen molar-refractivity contribution in [2.24, 2.45) is 0 Å². The Morgan fingerprint density at radius 1 is 1.19 bits per heavy atom. The smallest absolute Gasteiger partial charge is 0.266 e. The summed E-state index contributed by atoms with van der Waals surface area (Å²) in [4.78, 5) is 14.8. The molecule has 0 atom stereocenters. The van der Waals surface area contributed by atoms with Crippen molar-refractivity contribution >= 4 is 23.4 Å². The van der Waals surface area contributed by atoms with E-state index in [-0.39, 0.29) is 11.5 Å². The second-order valence-corrected chi connectivity index (χ2v) is 6.91. The number of aryl methyl sites for hydroxylation is 2. The number of benzene rings is 2. The highest BCUT2D eigenvalue weighted by atomic mass is 16.1. The molecule has 1 fully saturated rings. The zero-order valence-electron chi connectivity index (χ0n) is 16.0. The molecule has 1 aliphatic heterocycles. The molecule has 0 unspecified atom stereocenters. The van der Waals surface area contributed by atoms with Crippen molar-refractivity contribution in [1.82, 2.24) is 0 Å². The van der Waals surface area contributed by atoms with Crippen molar-refractivity contribution in [3.05, 3.63) is 64.7 Å². The number of nitrogens with zero attached hydrogens (tertiary/aromatic N) is 2. The van der Waals surface area contributed by atoms with Crippen LogP contribution in [0.5, 0.6) is 0 Å². The van der Waals surface area contributed by atoms with E-state index in [1.54, 1.807) is 6.08 Å². The monoisotopic (exact) mass is 359 g/mol. The number of nitriles is 1. The predicted molar refractivity (Wildman–Crippen MR) is 111 cm³/mol. The minimum atomic E-state index is -0.386. The molecule has 4 nitrogen and oxygen atoms in total. The summed E-state index contributed by atoms with van der Waals surface area (Å²) in [5.41, 5.74) is 5.27. The highest BCUT2D eigenvalue weighted by molar-refractivity contribution is 6.09. The molecule has 1 amide bonds. The van der Waals surface area contributed by atoms with Gasteiger partial charge in [0.2, 0.25) is 0 Å². The van der Waals surface area contributed by atoms with Gasteiger partial charge in [-0.25, -0.2) is 0 Å². The van der Waals surface area contributed by atoms with Gasteiger partial charge in [-0.3, -0.25) is 4.79 Å². The number of rotatable bonds is 5. The molecule has 1 saturated heterocycles. The SMILES string of the molecule is CCc1ccc(NC(=O)/C(C#N)=C/c2ccc(N3CCCC3)c(C)c2)cc1. The van der Waals surface area contributed by atoms with E-state index >= 15 is 0 Å². The Bertz CT molecular complexity index is 885. The summed E-state index contributed by atoms with van der Waals surface area (Å²) in [6.45, 7) is 6.35. The molecular formula is C23H25N3O. The molecular weight excluding hydrogens is 334 g/mol. The lowest BCUT2D eigenvalue weighted by molar-refractivity contribution is -0.112. The van der Waals surface area contributed by atoms with Crippen molar-refractivity contribution in [3.8, 4) is 6.07 Å². The normalized spacial score (nSPS) is 14.1. The van der Waals surface area contributed by atoms with Gasteiger partial charge in [0.1, 0.15) is 11.6 Å². The minimum Gasteiger partial charge on any atom is -0.371 e. The maximum Gasteiger partial charge on any atom is 0.266 e. The Kier molecular flexibility index (Phi) is 5.93. The van der Waals surface area contributed by atoms with Gasteiger partial charge in [-0.1, -0.05) is 25.1 Å². The second-order valence-electron chi connectivity index (χ2n) is 6.91. The molecule has 0 radical (unpaired) electrons. The number of anilines is 2. The van der Waals surface area contributed by atoms with Crippen LogP contribution in [-0.4, -0.2) is 19.0 Å². The third-order valence-corrected chi connectivity index (χ3v) is 4.96. The van der Waals surface area contributed by atoms with Gasteiger partial charge in [-0.05, 0) is 73.2 Å². The van der Waals surface area contributed by atoms with Gasteiger partial charge in [-0.2, -0.15) is 5.26 Å². The highest BCUT2D eigenvalue weighted by Crippen LogP contribution is 2.26. The molecule has 0 bridgehead atoms. The number of amides is 1. The summed E-state index contributed by atoms with van der Waals surface area (Å²) in [5, 5.41) is 12.2. The second kappa shape index (κ2) is 8.55. The van der Waals surface area contributed by atoms with Crippen LogP contribution < -0.4 is 10.2 Å². The average molecular weight is 359 g/mol. The summed E-state index contributed by atoms with van der Waals surface area (Å²) in [6, 6.07) is 15.8. The fourth-order valence-electron chi connectivity index (χ4n) is 3.42. The number of carbonyl (C=O) groups is 1. The summed E-state index contributed by atoms with van der Waals surface area (Å²) in [7, 11) is 0. The zero-order valence-corrected chi connectivity index (χ0v) is 16.0. The lowest BCUT2D eigenvalue weighted by atomic mass is 10.1. The Morgan fingerprint density at radius 3 is 2.48 bits per heavy atom. The highest BCUT2D eigenvalue weighted by Gasteiger charge is 2.15. The van der Waals surface area contributed by atoms with E-state index in [9.17, 15) is 10.1 Å². The fraction of sp³-hybridized carbons (Fsp3) is 0.304. The van der Waals surface area contributed by atoms with Crippen LogP contribution in [-0.2, 0) is 11.2 Å². The van der Waals surface area contributed by atoms with Crippen molar-refractivity contribution < 1.29 is 4.79 Å². The zero-order chi connectivity index (χ0) is 19.2. The Labute approximate surface area is 161 Å². The van der Waals surface area contributed by atoms with Crippen molar-refractivity contribution in [1.29, 1.82) is 5.26 Å². The van der Waals surface area contributed by atoms with Gasteiger partial charge in [0.05, 0.1) is 0 Å². The van der Waals surface area contributed by atoms with Crippen LogP contribution in [0, 0.1) is 18.3 Å². The van der Waals surface area contributed by atoms with Crippen LogP contribution in [0.1, 0.15) is 36.5 Å². The minimum absolute atomic E-state index is 0.0999. The summed E-state index contributed by atoms with van der Waals surface area (Å²) >= 11 is 0. The van der Waals surface area contributed by atoms with Crippen LogP contribution in [0.4, 0.5) is 11.4 Å². The fourth-order valence-corrected chi connectivity index (χ4v) is 3.42. The number of hydrogen-bond acceptors (Lipinski definition) is 3. The Hall–Kier alpha value is -3.06. The van der Waals surface area contributed by atoms with Crippen LogP contribution in [0.15, 0.2) is 48.0 Å². The molecule has 2 aromatic carbocycles. The largest absolute Gasteiger partial charge is 0.371 e. The Balaban J connectivity index is 1.75. The van der Waals surface area contributed by atoms with Gasteiger partial charge in [-0.15, -0.1) is 0 Å². The standard InChI is InChI=1S/C23H25N3O/c1-3-18-6-9-21(10-7-18)25-23(27)20(16-24)15-19-8-11-22(17(2)14-19)26-12-4-5-13-26/h6-11,14-15H,3-5,12-13H2,1-2H3,(H,25,27)/b20-15+. The van der Waals surface area contributed by atoms with E-state index in [1.807, 2.05) is 42.5 Å². The molecule has 1 N–H and O–H groups in total. The van der Waals surface area contributed by atoms with Gasteiger partial charge in [0.15, 0.2) is 0 Å². The maximum absolute atomic E-state index is 12.5. The van der Waals surface area contributed by atoms with E-state index in [0.717, 1.165) is 25.1 Å². The molecule has 0 aliphatic carbocycles. The lowest BCUT2D eigenvalue weighted by Crippen LogP contribution is -2.18.